The normalized spacial score (nSPS) is 13.0. The molecule has 1 aliphatic heterocycles. The second-order valence-corrected chi connectivity index (χ2v) is 7.43. The molecule has 8 heteroatoms. The van der Waals surface area contributed by atoms with Crippen molar-refractivity contribution in [1.29, 1.82) is 0 Å². The number of carboxylic acid groups (broad SMARTS) is 2. The Labute approximate surface area is 221 Å². The number of esters is 2. The van der Waals surface area contributed by atoms with Crippen molar-refractivity contribution in [3.8, 4) is 0 Å². The molecule has 5 aromatic rings. The standard InChI is InChI=1S/C24H10O7.K/c25-21(26)13-5-1-9-11-3-7-15-20-16(24(30)31-23(15)29)8-4-12(18(11)20)10-2-6-14(22(27)28)19(13)17(9)10;/h1-8H,(H,25,26)(H,27,28);. The molecule has 1 radical (unpaired) electrons. The van der Waals surface area contributed by atoms with E-state index in [4.69, 9.17) is 4.74 Å². The van der Waals surface area contributed by atoms with E-state index in [1.807, 2.05) is 0 Å². The van der Waals surface area contributed by atoms with Crippen LogP contribution in [0.2, 0.25) is 0 Å². The monoisotopic (exact) mass is 449 g/mol. The minimum absolute atomic E-state index is 0. The molecule has 6 rings (SSSR count). The molecule has 0 amide bonds. The smallest absolute Gasteiger partial charge is 0.346 e. The molecule has 1 aliphatic rings. The molecule has 7 nitrogen and oxygen atoms in total. The first-order valence-electron chi connectivity index (χ1n) is 9.31. The van der Waals surface area contributed by atoms with E-state index in [1.165, 1.54) is 12.1 Å². The zero-order valence-electron chi connectivity index (χ0n) is 16.6. The summed E-state index contributed by atoms with van der Waals surface area (Å²) in [5.74, 6) is -3.90. The number of rotatable bonds is 2. The van der Waals surface area contributed by atoms with E-state index >= 15 is 0 Å². The number of cyclic esters (lactones) is 2. The van der Waals surface area contributed by atoms with Crippen LogP contribution >= 0.6 is 0 Å². The molecule has 0 unspecified atom stereocenters. The average molecular weight is 449 g/mol. The Morgan fingerprint density at radius 3 is 1.34 bits per heavy atom. The zero-order valence-corrected chi connectivity index (χ0v) is 19.7. The van der Waals surface area contributed by atoms with E-state index in [0.717, 1.165) is 0 Å². The fourth-order valence-corrected chi connectivity index (χ4v) is 4.78. The number of carbonyl (C=O) groups excluding carboxylic acids is 2. The van der Waals surface area contributed by atoms with E-state index in [-0.39, 0.29) is 79.0 Å². The third-order valence-electron chi connectivity index (χ3n) is 5.99. The Kier molecular flexibility index (Phi) is 4.63. The van der Waals surface area contributed by atoms with Gasteiger partial charge in [0.25, 0.3) is 0 Å². The molecular formula is C24H10KO7. The summed E-state index contributed by atoms with van der Waals surface area (Å²) in [4.78, 5) is 48.4. The van der Waals surface area contributed by atoms with E-state index in [9.17, 15) is 29.4 Å². The SMILES string of the molecule is O=C(O)c1ccc2c3ccc4c5c(ccc(c6ccc(C(=O)O)c1c26)c53)C(=O)OC4=O.[K]. The van der Waals surface area contributed by atoms with Crippen molar-refractivity contribution < 1.29 is 34.1 Å². The summed E-state index contributed by atoms with van der Waals surface area (Å²) in [7, 11) is 0. The van der Waals surface area contributed by atoms with Crippen molar-refractivity contribution in [2.45, 2.75) is 0 Å². The maximum absolute atomic E-state index is 12.3. The second-order valence-electron chi connectivity index (χ2n) is 7.43. The summed E-state index contributed by atoms with van der Waals surface area (Å²) >= 11 is 0. The second kappa shape index (κ2) is 7.06. The van der Waals surface area contributed by atoms with Gasteiger partial charge in [-0.1, -0.05) is 24.3 Å². The maximum atomic E-state index is 12.3. The van der Waals surface area contributed by atoms with Gasteiger partial charge in [-0.2, -0.15) is 0 Å². The van der Waals surface area contributed by atoms with Gasteiger partial charge >= 0.3 is 23.9 Å². The van der Waals surface area contributed by atoms with E-state index in [1.54, 1.807) is 36.4 Å². The van der Waals surface area contributed by atoms with Gasteiger partial charge in [0, 0.05) is 62.2 Å². The first-order valence-corrected chi connectivity index (χ1v) is 9.31. The predicted molar refractivity (Wildman–Crippen MR) is 117 cm³/mol. The molecule has 0 spiro atoms. The minimum Gasteiger partial charge on any atom is -0.478 e. The van der Waals surface area contributed by atoms with Crippen molar-refractivity contribution in [2.24, 2.45) is 0 Å². The summed E-state index contributed by atoms with van der Waals surface area (Å²) in [6.07, 6.45) is 0. The fraction of sp³-hybridized carbons (Fsp3) is 0. The van der Waals surface area contributed by atoms with Crippen LogP contribution in [-0.4, -0.2) is 85.5 Å². The molecule has 0 fully saturated rings. The van der Waals surface area contributed by atoms with Crippen LogP contribution in [0.5, 0.6) is 0 Å². The molecule has 149 valence electrons. The summed E-state index contributed by atoms with van der Waals surface area (Å²) in [6.45, 7) is 0. The summed E-state index contributed by atoms with van der Waals surface area (Å²) in [6, 6.07) is 12.6. The number of carbonyl (C=O) groups is 4. The van der Waals surface area contributed by atoms with Crippen LogP contribution in [0.15, 0.2) is 48.5 Å². The molecule has 2 N–H and O–H groups in total. The van der Waals surface area contributed by atoms with Crippen LogP contribution in [0.25, 0.3) is 43.1 Å². The number of hydrogen-bond donors (Lipinski definition) is 2. The maximum Gasteiger partial charge on any atom is 0.346 e. The average Bonchev–Trinajstić information content (AvgIpc) is 2.75. The first kappa shape index (κ1) is 21.0. The van der Waals surface area contributed by atoms with Gasteiger partial charge in [-0.3, -0.25) is 0 Å². The topological polar surface area (TPSA) is 118 Å². The Morgan fingerprint density at radius 2 is 0.938 bits per heavy atom. The summed E-state index contributed by atoms with van der Waals surface area (Å²) in [5.41, 5.74) is 0.343. The van der Waals surface area contributed by atoms with Crippen LogP contribution in [0, 0.1) is 0 Å². The van der Waals surface area contributed by atoms with Crippen molar-refractivity contribution in [3.63, 3.8) is 0 Å². The molecular weight excluding hydrogens is 439 g/mol. The molecule has 5 aromatic carbocycles. The fourth-order valence-electron chi connectivity index (χ4n) is 4.78. The van der Waals surface area contributed by atoms with E-state index in [0.29, 0.717) is 37.7 Å². The predicted octanol–water partition coefficient (Wildman–Crippen LogP) is 4.06. The first-order chi connectivity index (χ1) is 14.9. The van der Waals surface area contributed by atoms with Crippen LogP contribution in [0.1, 0.15) is 41.4 Å². The number of carboxylic acids is 2. The van der Waals surface area contributed by atoms with Crippen LogP contribution in [0.3, 0.4) is 0 Å². The largest absolute Gasteiger partial charge is 0.478 e. The number of ether oxygens (including phenoxy) is 1. The Bertz CT molecular complexity index is 1580. The van der Waals surface area contributed by atoms with Crippen molar-refractivity contribution >= 4 is 118 Å². The minimum atomic E-state index is -1.23. The van der Waals surface area contributed by atoms with Gasteiger partial charge in [0.15, 0.2) is 0 Å². The van der Waals surface area contributed by atoms with Gasteiger partial charge in [0.1, 0.15) is 0 Å². The van der Waals surface area contributed by atoms with Gasteiger partial charge in [-0.05, 0) is 56.6 Å². The summed E-state index contributed by atoms with van der Waals surface area (Å²) < 4.78 is 4.84. The van der Waals surface area contributed by atoms with Crippen LogP contribution in [-0.2, 0) is 4.74 Å². The van der Waals surface area contributed by atoms with Gasteiger partial charge in [0.05, 0.1) is 22.3 Å². The molecule has 0 saturated heterocycles. The van der Waals surface area contributed by atoms with Gasteiger partial charge < -0.3 is 14.9 Å². The van der Waals surface area contributed by atoms with E-state index in [2.05, 4.69) is 0 Å². The van der Waals surface area contributed by atoms with Crippen LogP contribution in [0.4, 0.5) is 0 Å². The quantitative estimate of drug-likeness (QED) is 0.137. The summed E-state index contributed by atoms with van der Waals surface area (Å²) in [5, 5.41) is 23.9. The Balaban J connectivity index is 0.00000216. The van der Waals surface area contributed by atoms with E-state index < -0.39 is 23.9 Å². The van der Waals surface area contributed by atoms with Gasteiger partial charge in [-0.25, -0.2) is 19.2 Å². The molecule has 0 aliphatic carbocycles. The van der Waals surface area contributed by atoms with Crippen molar-refractivity contribution in [2.75, 3.05) is 0 Å². The van der Waals surface area contributed by atoms with Gasteiger partial charge in [0.2, 0.25) is 0 Å². The Hall–Kier alpha value is -2.88. The van der Waals surface area contributed by atoms with Crippen molar-refractivity contribution in [1.82, 2.24) is 0 Å². The Morgan fingerprint density at radius 1 is 0.562 bits per heavy atom. The zero-order chi connectivity index (χ0) is 21.6. The number of fused-ring (bicyclic) bond motifs is 2. The molecule has 1 heterocycles. The van der Waals surface area contributed by atoms with Gasteiger partial charge in [-0.15, -0.1) is 0 Å². The molecule has 32 heavy (non-hydrogen) atoms. The number of hydrogen-bond acceptors (Lipinski definition) is 5. The van der Waals surface area contributed by atoms with Crippen LogP contribution < -0.4 is 0 Å². The third kappa shape index (κ3) is 2.55. The van der Waals surface area contributed by atoms with Crippen molar-refractivity contribution in [3.05, 3.63) is 70.8 Å². The molecule has 0 aromatic heterocycles. The number of benzene rings is 5. The number of aromatic carboxylic acids is 2. The third-order valence-corrected chi connectivity index (χ3v) is 5.99. The molecule has 0 saturated carbocycles. The molecule has 0 atom stereocenters. The molecule has 0 bridgehead atoms.